The van der Waals surface area contributed by atoms with Gasteiger partial charge in [0, 0.05) is 27.0 Å². The number of benzene rings is 1. The molecule has 20 heavy (non-hydrogen) atoms. The molecule has 1 N–H and O–H groups in total. The maximum absolute atomic E-state index is 4.74. The van der Waals surface area contributed by atoms with Crippen molar-refractivity contribution in [2.24, 2.45) is 0 Å². The van der Waals surface area contributed by atoms with Crippen molar-refractivity contribution in [3.63, 3.8) is 0 Å². The first-order valence-electron chi connectivity index (χ1n) is 6.74. The molecule has 1 aromatic heterocycles. The smallest absolute Gasteiger partial charge is 0.124 e. The van der Waals surface area contributed by atoms with E-state index in [4.69, 9.17) is 4.98 Å². The number of nitrogens with zero attached hydrogens (tertiary/aromatic N) is 1. The van der Waals surface area contributed by atoms with E-state index in [1.165, 1.54) is 16.0 Å². The molecule has 0 fully saturated rings. The van der Waals surface area contributed by atoms with Crippen molar-refractivity contribution in [2.75, 3.05) is 0 Å². The van der Waals surface area contributed by atoms with Crippen LogP contribution in [0.5, 0.6) is 0 Å². The summed E-state index contributed by atoms with van der Waals surface area (Å²) in [5.74, 6) is 0. The van der Waals surface area contributed by atoms with Gasteiger partial charge in [-0.25, -0.2) is 4.98 Å². The van der Waals surface area contributed by atoms with Crippen LogP contribution in [-0.2, 0) is 6.54 Å². The molecule has 0 radical (unpaired) electrons. The van der Waals surface area contributed by atoms with Gasteiger partial charge in [0.1, 0.15) is 5.01 Å². The number of aromatic nitrogens is 1. The van der Waals surface area contributed by atoms with Crippen molar-refractivity contribution in [3.8, 4) is 10.6 Å². The van der Waals surface area contributed by atoms with Crippen molar-refractivity contribution < 1.29 is 0 Å². The van der Waals surface area contributed by atoms with Crippen LogP contribution in [0.3, 0.4) is 0 Å². The zero-order valence-electron chi connectivity index (χ0n) is 12.7. The Morgan fingerprint density at radius 2 is 1.95 bits per heavy atom. The van der Waals surface area contributed by atoms with Crippen LogP contribution >= 0.6 is 27.3 Å². The fourth-order valence-electron chi connectivity index (χ4n) is 1.92. The van der Waals surface area contributed by atoms with Gasteiger partial charge in [-0.3, -0.25) is 0 Å². The molecule has 1 aromatic carbocycles. The average Bonchev–Trinajstić information content (AvgIpc) is 2.67. The van der Waals surface area contributed by atoms with E-state index < -0.39 is 0 Å². The van der Waals surface area contributed by atoms with E-state index >= 15 is 0 Å². The summed E-state index contributed by atoms with van der Waals surface area (Å²) < 4.78 is 1.11. The number of hydrogen-bond donors (Lipinski definition) is 1. The Bertz CT molecular complexity index is 611. The topological polar surface area (TPSA) is 24.9 Å². The molecule has 0 atom stereocenters. The number of aryl methyl sites for hydroxylation is 2. The van der Waals surface area contributed by atoms with Crippen LogP contribution in [0.4, 0.5) is 0 Å². The van der Waals surface area contributed by atoms with E-state index in [9.17, 15) is 0 Å². The number of thiazole rings is 1. The molecule has 0 saturated carbocycles. The zero-order chi connectivity index (χ0) is 14.9. The highest BCUT2D eigenvalue weighted by atomic mass is 79.9. The minimum atomic E-state index is 0.129. The highest BCUT2D eigenvalue weighted by Gasteiger charge is 2.14. The van der Waals surface area contributed by atoms with Gasteiger partial charge in [0.25, 0.3) is 0 Å². The van der Waals surface area contributed by atoms with Crippen LogP contribution in [0, 0.1) is 13.8 Å². The number of halogens is 1. The Labute approximate surface area is 133 Å². The van der Waals surface area contributed by atoms with Crippen LogP contribution < -0.4 is 5.32 Å². The first kappa shape index (κ1) is 15.7. The lowest BCUT2D eigenvalue weighted by atomic mass is 10.1. The lowest BCUT2D eigenvalue weighted by Gasteiger charge is -2.19. The molecule has 2 aromatic rings. The minimum Gasteiger partial charge on any atom is -0.307 e. The predicted octanol–water partition coefficient (Wildman–Crippen LogP) is 5.08. The first-order chi connectivity index (χ1) is 9.26. The molecule has 0 aliphatic rings. The van der Waals surface area contributed by atoms with E-state index in [1.54, 1.807) is 11.3 Å². The van der Waals surface area contributed by atoms with Gasteiger partial charge >= 0.3 is 0 Å². The van der Waals surface area contributed by atoms with Crippen LogP contribution in [0.1, 0.15) is 36.9 Å². The van der Waals surface area contributed by atoms with Gasteiger partial charge in [-0.05, 0) is 52.3 Å². The fourth-order valence-corrected chi connectivity index (χ4v) is 3.49. The van der Waals surface area contributed by atoms with Crippen LogP contribution in [0.15, 0.2) is 22.7 Å². The SMILES string of the molecule is Cc1cc(Br)ccc1-c1nc(C)c(CNC(C)(C)C)s1. The second-order valence-corrected chi connectivity index (χ2v) is 8.09. The lowest BCUT2D eigenvalue weighted by molar-refractivity contribution is 0.425. The monoisotopic (exact) mass is 352 g/mol. The third kappa shape index (κ3) is 3.90. The van der Waals surface area contributed by atoms with Gasteiger partial charge in [0.05, 0.1) is 5.69 Å². The van der Waals surface area contributed by atoms with E-state index in [1.807, 2.05) is 0 Å². The Morgan fingerprint density at radius 3 is 2.55 bits per heavy atom. The van der Waals surface area contributed by atoms with Crippen LogP contribution in [0.25, 0.3) is 10.6 Å². The Kier molecular flexibility index (Phi) is 4.67. The molecular weight excluding hydrogens is 332 g/mol. The van der Waals surface area contributed by atoms with Gasteiger partial charge in [-0.15, -0.1) is 11.3 Å². The molecule has 0 aliphatic heterocycles. The maximum atomic E-state index is 4.74. The first-order valence-corrected chi connectivity index (χ1v) is 8.35. The molecular formula is C16H21BrN2S. The molecule has 0 unspecified atom stereocenters. The van der Waals surface area contributed by atoms with E-state index in [0.717, 1.165) is 21.7 Å². The predicted molar refractivity (Wildman–Crippen MR) is 91.3 cm³/mol. The average molecular weight is 353 g/mol. The molecule has 0 bridgehead atoms. The third-order valence-electron chi connectivity index (χ3n) is 3.09. The van der Waals surface area contributed by atoms with Crippen LogP contribution in [-0.4, -0.2) is 10.5 Å². The van der Waals surface area contributed by atoms with E-state index in [-0.39, 0.29) is 5.54 Å². The standard InChI is InChI=1S/C16H21BrN2S/c1-10-8-12(17)6-7-13(10)15-19-11(2)14(20-15)9-18-16(3,4)5/h6-8,18H,9H2,1-5H3. The summed E-state index contributed by atoms with van der Waals surface area (Å²) in [5.41, 5.74) is 3.74. The Hall–Kier alpha value is -0.710. The van der Waals surface area contributed by atoms with Crippen molar-refractivity contribution in [1.82, 2.24) is 10.3 Å². The van der Waals surface area contributed by atoms with Gasteiger partial charge in [-0.1, -0.05) is 22.0 Å². The third-order valence-corrected chi connectivity index (χ3v) is 4.77. The molecule has 4 heteroatoms. The van der Waals surface area contributed by atoms with E-state index in [2.05, 4.69) is 74.1 Å². The van der Waals surface area contributed by atoms with Crippen LogP contribution in [0.2, 0.25) is 0 Å². The van der Waals surface area contributed by atoms with Gasteiger partial charge < -0.3 is 5.32 Å². The molecule has 108 valence electrons. The molecule has 0 amide bonds. The van der Waals surface area contributed by atoms with Crippen molar-refractivity contribution in [3.05, 3.63) is 38.8 Å². The summed E-state index contributed by atoms with van der Waals surface area (Å²) in [4.78, 5) is 6.05. The molecule has 0 saturated heterocycles. The Morgan fingerprint density at radius 1 is 1.25 bits per heavy atom. The molecule has 2 nitrogen and oxygen atoms in total. The summed E-state index contributed by atoms with van der Waals surface area (Å²) in [6.45, 7) is 11.6. The Balaban J connectivity index is 2.26. The quantitative estimate of drug-likeness (QED) is 0.833. The fraction of sp³-hybridized carbons (Fsp3) is 0.438. The minimum absolute atomic E-state index is 0.129. The normalized spacial score (nSPS) is 11.9. The molecule has 0 spiro atoms. The van der Waals surface area contributed by atoms with Crippen molar-refractivity contribution >= 4 is 27.3 Å². The highest BCUT2D eigenvalue weighted by molar-refractivity contribution is 9.10. The summed E-state index contributed by atoms with van der Waals surface area (Å²) >= 11 is 5.29. The lowest BCUT2D eigenvalue weighted by Crippen LogP contribution is -2.34. The van der Waals surface area contributed by atoms with Crippen molar-refractivity contribution in [1.29, 1.82) is 0 Å². The molecule has 2 rings (SSSR count). The van der Waals surface area contributed by atoms with E-state index in [0.29, 0.717) is 0 Å². The number of rotatable bonds is 3. The largest absolute Gasteiger partial charge is 0.307 e. The summed E-state index contributed by atoms with van der Waals surface area (Å²) in [7, 11) is 0. The maximum Gasteiger partial charge on any atom is 0.124 e. The number of hydrogen-bond acceptors (Lipinski definition) is 3. The molecule has 0 aliphatic carbocycles. The summed E-state index contributed by atoms with van der Waals surface area (Å²) in [6.07, 6.45) is 0. The highest BCUT2D eigenvalue weighted by Crippen LogP contribution is 2.31. The molecule has 1 heterocycles. The summed E-state index contributed by atoms with van der Waals surface area (Å²) in [5, 5.41) is 4.64. The van der Waals surface area contributed by atoms with Crippen molar-refractivity contribution in [2.45, 2.75) is 46.7 Å². The van der Waals surface area contributed by atoms with Gasteiger partial charge in [-0.2, -0.15) is 0 Å². The second kappa shape index (κ2) is 5.96. The van der Waals surface area contributed by atoms with Gasteiger partial charge in [0.15, 0.2) is 0 Å². The second-order valence-electron chi connectivity index (χ2n) is 6.09. The number of nitrogens with one attached hydrogen (secondary N) is 1. The zero-order valence-corrected chi connectivity index (χ0v) is 15.1. The van der Waals surface area contributed by atoms with Gasteiger partial charge in [0.2, 0.25) is 0 Å². The summed E-state index contributed by atoms with van der Waals surface area (Å²) in [6, 6.07) is 6.35.